The van der Waals surface area contributed by atoms with Gasteiger partial charge < -0.3 is 16.0 Å². The van der Waals surface area contributed by atoms with Crippen LogP contribution in [0.15, 0.2) is 24.3 Å². The van der Waals surface area contributed by atoms with Gasteiger partial charge in [0.15, 0.2) is 0 Å². The Labute approximate surface area is 180 Å². The van der Waals surface area contributed by atoms with Crippen molar-refractivity contribution in [2.24, 2.45) is 23.5 Å². The van der Waals surface area contributed by atoms with E-state index in [1.54, 1.807) is 0 Å². The normalized spacial score (nSPS) is 30.2. The number of thiol groups is 2. The van der Waals surface area contributed by atoms with E-state index < -0.39 is 0 Å². The number of rotatable bonds is 10. The smallest absolute Gasteiger partial charge is 0.0406 e. The topological polar surface area (TPSA) is 41.3 Å². The summed E-state index contributed by atoms with van der Waals surface area (Å²) in [7, 11) is 0. The van der Waals surface area contributed by atoms with Gasteiger partial charge in [0.05, 0.1) is 0 Å². The lowest BCUT2D eigenvalue weighted by Crippen LogP contribution is -2.48. The van der Waals surface area contributed by atoms with E-state index in [2.05, 4.69) is 47.6 Å². The number of nitrogens with one attached hydrogen (secondary N) is 1. The molecule has 152 valence electrons. The summed E-state index contributed by atoms with van der Waals surface area (Å²) in [6.45, 7) is 5.17. The molecule has 0 heterocycles. The van der Waals surface area contributed by atoms with Gasteiger partial charge in [-0.25, -0.2) is 0 Å². The highest BCUT2D eigenvalue weighted by atomic mass is 35.5. The van der Waals surface area contributed by atoms with Crippen LogP contribution in [-0.4, -0.2) is 55.2 Å². The van der Waals surface area contributed by atoms with Crippen LogP contribution in [0.1, 0.15) is 30.7 Å². The van der Waals surface area contributed by atoms with Crippen LogP contribution < -0.4 is 11.1 Å². The third-order valence-corrected chi connectivity index (χ3v) is 7.29. The molecule has 2 saturated carbocycles. The van der Waals surface area contributed by atoms with Crippen molar-refractivity contribution in [3.8, 4) is 0 Å². The fourth-order valence-electron chi connectivity index (χ4n) is 5.25. The molecule has 0 aromatic heterocycles. The maximum Gasteiger partial charge on any atom is 0.0406 e. The highest BCUT2D eigenvalue weighted by Crippen LogP contribution is 2.51. The van der Waals surface area contributed by atoms with E-state index in [-0.39, 0.29) is 0 Å². The fraction of sp³-hybridized carbons (Fsp3) is 0.714. The molecular weight excluding hydrogens is 394 g/mol. The zero-order valence-corrected chi connectivity index (χ0v) is 18.6. The van der Waals surface area contributed by atoms with Crippen molar-refractivity contribution in [2.75, 3.05) is 44.2 Å². The number of hydrogen-bond acceptors (Lipinski definition) is 5. The lowest BCUT2D eigenvalue weighted by Gasteiger charge is -2.43. The Morgan fingerprint density at radius 2 is 1.85 bits per heavy atom. The summed E-state index contributed by atoms with van der Waals surface area (Å²) in [5.74, 6) is 4.30. The van der Waals surface area contributed by atoms with Crippen molar-refractivity contribution >= 4 is 36.9 Å². The lowest BCUT2D eigenvalue weighted by molar-refractivity contribution is 0.123. The first-order valence-corrected chi connectivity index (χ1v) is 11.9. The van der Waals surface area contributed by atoms with Gasteiger partial charge in [0.25, 0.3) is 0 Å². The second kappa shape index (κ2) is 10.7. The lowest BCUT2D eigenvalue weighted by atomic mass is 9.67. The van der Waals surface area contributed by atoms with Crippen molar-refractivity contribution in [3.05, 3.63) is 34.9 Å². The Bertz CT molecular complexity index is 571. The molecule has 2 bridgehead atoms. The predicted molar refractivity (Wildman–Crippen MR) is 124 cm³/mol. The third-order valence-electron chi connectivity index (χ3n) is 6.61. The molecule has 2 aliphatic carbocycles. The van der Waals surface area contributed by atoms with E-state index in [0.29, 0.717) is 29.7 Å². The summed E-state index contributed by atoms with van der Waals surface area (Å²) < 4.78 is 0. The molecule has 2 unspecified atom stereocenters. The van der Waals surface area contributed by atoms with Crippen LogP contribution in [0.4, 0.5) is 0 Å². The van der Waals surface area contributed by atoms with Gasteiger partial charge >= 0.3 is 0 Å². The molecule has 0 amide bonds. The van der Waals surface area contributed by atoms with E-state index in [4.69, 9.17) is 17.3 Å². The summed E-state index contributed by atoms with van der Waals surface area (Å²) in [5.41, 5.74) is 8.09. The highest BCUT2D eigenvalue weighted by molar-refractivity contribution is 7.80. The van der Waals surface area contributed by atoms with Crippen molar-refractivity contribution in [2.45, 2.75) is 31.2 Å². The molecule has 0 radical (unpaired) electrons. The quantitative estimate of drug-likeness (QED) is 0.341. The summed E-state index contributed by atoms with van der Waals surface area (Å²) in [4.78, 5) is 2.58. The second-order valence-corrected chi connectivity index (χ2v) is 9.46. The maximum absolute atomic E-state index is 6.65. The van der Waals surface area contributed by atoms with Crippen LogP contribution in [0.25, 0.3) is 0 Å². The molecule has 1 aromatic carbocycles. The molecule has 3 N–H and O–H groups in total. The van der Waals surface area contributed by atoms with Crippen LogP contribution in [0.5, 0.6) is 0 Å². The minimum absolute atomic E-state index is 0.374. The van der Waals surface area contributed by atoms with Gasteiger partial charge in [-0.1, -0.05) is 23.7 Å². The molecule has 27 heavy (non-hydrogen) atoms. The molecule has 5 atom stereocenters. The average molecular weight is 428 g/mol. The van der Waals surface area contributed by atoms with Crippen molar-refractivity contribution < 1.29 is 0 Å². The zero-order chi connectivity index (χ0) is 19.2. The Hall–Kier alpha value is 0.0900. The number of halogens is 1. The highest BCUT2D eigenvalue weighted by Gasteiger charge is 2.47. The Morgan fingerprint density at radius 1 is 1.07 bits per heavy atom. The van der Waals surface area contributed by atoms with E-state index in [1.807, 2.05) is 12.1 Å². The first-order valence-electron chi connectivity index (χ1n) is 10.3. The van der Waals surface area contributed by atoms with Crippen LogP contribution in [0.3, 0.4) is 0 Å². The largest absolute Gasteiger partial charge is 0.327 e. The van der Waals surface area contributed by atoms with Crippen LogP contribution >= 0.6 is 36.9 Å². The molecule has 3 nitrogen and oxygen atoms in total. The first kappa shape index (κ1) is 21.8. The number of nitrogens with two attached hydrogens (primary N) is 1. The van der Waals surface area contributed by atoms with Crippen LogP contribution in [0.2, 0.25) is 5.02 Å². The van der Waals surface area contributed by atoms with Crippen molar-refractivity contribution in [1.29, 1.82) is 0 Å². The summed E-state index contributed by atoms with van der Waals surface area (Å²) in [6, 6.07) is 8.91. The Morgan fingerprint density at radius 3 is 2.56 bits per heavy atom. The van der Waals surface area contributed by atoms with Crippen LogP contribution in [-0.2, 0) is 0 Å². The number of fused-ring (bicyclic) bond motifs is 2. The molecule has 0 aliphatic heterocycles. The third kappa shape index (κ3) is 5.58. The number of hydrogen-bond donors (Lipinski definition) is 4. The number of benzene rings is 1. The zero-order valence-electron chi connectivity index (χ0n) is 16.1. The van der Waals surface area contributed by atoms with Gasteiger partial charge in [0.1, 0.15) is 0 Å². The summed E-state index contributed by atoms with van der Waals surface area (Å²) >= 11 is 14.9. The first-order chi connectivity index (χ1) is 13.1. The molecule has 6 heteroatoms. The van der Waals surface area contributed by atoms with Crippen molar-refractivity contribution in [1.82, 2.24) is 10.2 Å². The van der Waals surface area contributed by atoms with Gasteiger partial charge in [-0.15, -0.1) is 0 Å². The van der Waals surface area contributed by atoms with Crippen molar-refractivity contribution in [3.63, 3.8) is 0 Å². The summed E-state index contributed by atoms with van der Waals surface area (Å²) in [5, 5.41) is 4.29. The van der Waals surface area contributed by atoms with Gasteiger partial charge in [-0.3, -0.25) is 0 Å². The number of nitrogens with zero attached hydrogens (tertiary/aromatic N) is 1. The van der Waals surface area contributed by atoms with Gasteiger partial charge in [-0.2, -0.15) is 25.3 Å². The van der Waals surface area contributed by atoms with E-state index >= 15 is 0 Å². The minimum atomic E-state index is 0.374. The fourth-order valence-corrected chi connectivity index (χ4v) is 5.81. The van der Waals surface area contributed by atoms with E-state index in [9.17, 15) is 0 Å². The van der Waals surface area contributed by atoms with Crippen LogP contribution in [0, 0.1) is 17.8 Å². The van der Waals surface area contributed by atoms with E-state index in [1.165, 1.54) is 24.8 Å². The molecule has 1 aromatic rings. The molecular formula is C21H34ClN3S2. The monoisotopic (exact) mass is 427 g/mol. The SMILES string of the molecule is N[C@@H]1C2CC[C@@H]1C[C@H](c1ccc(Cl)cc1)C2CN(CCS)CCNCCS. The molecule has 3 rings (SSSR count). The second-order valence-electron chi connectivity index (χ2n) is 8.13. The van der Waals surface area contributed by atoms with E-state index in [0.717, 1.165) is 49.3 Å². The molecule has 2 aliphatic rings. The Kier molecular flexibility index (Phi) is 8.67. The molecule has 2 fully saturated rings. The maximum atomic E-state index is 6.65. The summed E-state index contributed by atoms with van der Waals surface area (Å²) in [6.07, 6.45) is 3.80. The van der Waals surface area contributed by atoms with Gasteiger partial charge in [0, 0.05) is 55.3 Å². The Balaban J connectivity index is 1.73. The average Bonchev–Trinajstić information content (AvgIpc) is 2.91. The van der Waals surface area contributed by atoms with Gasteiger partial charge in [-0.05, 0) is 60.6 Å². The molecule has 0 spiro atoms. The standard InChI is InChI=1S/C21H34ClN3S2/c22-17-4-1-15(2-5-17)19-13-16-3-6-18(21(16)23)20(19)14-25(10-12-27)9-7-24-8-11-26/h1-2,4-5,16,18-21,24,26-27H,3,6-14,23H2/t16-,18?,19-,20?,21+/m1/s1. The predicted octanol–water partition coefficient (Wildman–Crippen LogP) is 3.55. The minimum Gasteiger partial charge on any atom is -0.327 e. The van der Waals surface area contributed by atoms with Gasteiger partial charge in [0.2, 0.25) is 0 Å². The molecule has 0 saturated heterocycles.